The van der Waals surface area contributed by atoms with Gasteiger partial charge in [0, 0.05) is 11.6 Å². The number of carbonyl (C=O) groups is 1. The SMILES string of the molecule is CC.CC.COc1ccc(C=O)cc1[N+](=O)[O-]. The molecule has 0 saturated carbocycles. The van der Waals surface area contributed by atoms with Crippen molar-refractivity contribution < 1.29 is 14.5 Å². The minimum absolute atomic E-state index is 0.149. The van der Waals surface area contributed by atoms with E-state index in [1.807, 2.05) is 27.7 Å². The van der Waals surface area contributed by atoms with E-state index in [1.54, 1.807) is 0 Å². The smallest absolute Gasteiger partial charge is 0.311 e. The molecule has 0 amide bonds. The van der Waals surface area contributed by atoms with Crippen LogP contribution in [-0.4, -0.2) is 18.3 Å². The third kappa shape index (κ3) is 5.65. The van der Waals surface area contributed by atoms with E-state index in [9.17, 15) is 14.9 Å². The molecule has 5 nitrogen and oxygen atoms in total. The average molecular weight is 241 g/mol. The zero-order chi connectivity index (χ0) is 13.8. The second-order valence-corrected chi connectivity index (χ2v) is 2.31. The molecule has 0 fully saturated rings. The Bertz CT molecular complexity index is 350. The topological polar surface area (TPSA) is 69.4 Å². The monoisotopic (exact) mass is 241 g/mol. The number of aldehydes is 1. The van der Waals surface area contributed by atoms with Crippen molar-refractivity contribution in [1.29, 1.82) is 0 Å². The standard InChI is InChI=1S/C8H7NO4.2C2H6/c1-13-8-3-2-6(5-10)4-7(8)9(11)12;2*1-2/h2-5H,1H3;2*1-2H3. The molecular formula is C12H19NO4. The molecule has 1 aromatic rings. The first-order chi connectivity index (χ1) is 8.19. The Morgan fingerprint density at radius 2 is 1.76 bits per heavy atom. The molecule has 0 saturated heterocycles. The molecule has 0 unspecified atom stereocenters. The van der Waals surface area contributed by atoms with Gasteiger partial charge in [-0.05, 0) is 12.1 Å². The summed E-state index contributed by atoms with van der Waals surface area (Å²) in [5, 5.41) is 10.5. The molecular weight excluding hydrogens is 222 g/mol. The minimum atomic E-state index is -0.591. The van der Waals surface area contributed by atoms with Crippen LogP contribution in [0.2, 0.25) is 0 Å². The van der Waals surface area contributed by atoms with Gasteiger partial charge in [-0.25, -0.2) is 0 Å². The fraction of sp³-hybridized carbons (Fsp3) is 0.417. The first-order valence-electron chi connectivity index (χ1n) is 5.46. The van der Waals surface area contributed by atoms with Crippen LogP contribution in [0.25, 0.3) is 0 Å². The highest BCUT2D eigenvalue weighted by molar-refractivity contribution is 5.77. The number of ether oxygens (including phenoxy) is 1. The lowest BCUT2D eigenvalue weighted by Crippen LogP contribution is -1.94. The van der Waals surface area contributed by atoms with Crippen LogP contribution in [0.3, 0.4) is 0 Å². The second kappa shape index (κ2) is 10.6. The third-order valence-electron chi connectivity index (χ3n) is 1.54. The summed E-state index contributed by atoms with van der Waals surface area (Å²) in [5.74, 6) is 0.149. The van der Waals surface area contributed by atoms with E-state index < -0.39 is 4.92 Å². The van der Waals surface area contributed by atoms with E-state index in [-0.39, 0.29) is 17.0 Å². The zero-order valence-corrected chi connectivity index (χ0v) is 10.9. The third-order valence-corrected chi connectivity index (χ3v) is 1.54. The maximum absolute atomic E-state index is 10.5. The van der Waals surface area contributed by atoms with E-state index in [0.717, 1.165) is 0 Å². The molecule has 0 aliphatic heterocycles. The van der Waals surface area contributed by atoms with Gasteiger partial charge in [0.05, 0.1) is 12.0 Å². The largest absolute Gasteiger partial charge is 0.490 e. The van der Waals surface area contributed by atoms with Gasteiger partial charge in [-0.15, -0.1) is 0 Å². The Labute approximate surface area is 102 Å². The summed E-state index contributed by atoms with van der Waals surface area (Å²) in [6.07, 6.45) is 0.548. The number of nitro benzene ring substituents is 1. The number of hydrogen-bond acceptors (Lipinski definition) is 4. The zero-order valence-electron chi connectivity index (χ0n) is 10.9. The lowest BCUT2D eigenvalue weighted by atomic mass is 10.2. The molecule has 0 spiro atoms. The molecule has 0 atom stereocenters. The minimum Gasteiger partial charge on any atom is -0.490 e. The van der Waals surface area contributed by atoms with Crippen LogP contribution < -0.4 is 4.74 Å². The highest BCUT2D eigenvalue weighted by Crippen LogP contribution is 2.26. The van der Waals surface area contributed by atoms with Crippen LogP contribution in [0.1, 0.15) is 38.1 Å². The Hall–Kier alpha value is -1.91. The molecule has 0 aliphatic carbocycles. The summed E-state index contributed by atoms with van der Waals surface area (Å²) < 4.78 is 4.75. The Balaban J connectivity index is 0. The van der Waals surface area contributed by atoms with Gasteiger partial charge in [-0.2, -0.15) is 0 Å². The van der Waals surface area contributed by atoms with Crippen molar-refractivity contribution in [3.05, 3.63) is 33.9 Å². The number of nitro groups is 1. The highest BCUT2D eigenvalue weighted by Gasteiger charge is 2.14. The average Bonchev–Trinajstić information content (AvgIpc) is 2.42. The van der Waals surface area contributed by atoms with Gasteiger partial charge in [-0.1, -0.05) is 27.7 Å². The number of methoxy groups -OCH3 is 1. The lowest BCUT2D eigenvalue weighted by Gasteiger charge is -2.00. The summed E-state index contributed by atoms with van der Waals surface area (Å²) >= 11 is 0. The van der Waals surface area contributed by atoms with Crippen molar-refractivity contribution in [3.63, 3.8) is 0 Å². The maximum atomic E-state index is 10.5. The molecule has 1 rings (SSSR count). The van der Waals surface area contributed by atoms with Crippen molar-refractivity contribution in [2.45, 2.75) is 27.7 Å². The summed E-state index contributed by atoms with van der Waals surface area (Å²) in [6.45, 7) is 8.00. The van der Waals surface area contributed by atoms with E-state index >= 15 is 0 Å². The molecule has 0 radical (unpaired) electrons. The first-order valence-corrected chi connectivity index (χ1v) is 5.46. The van der Waals surface area contributed by atoms with Gasteiger partial charge in [0.1, 0.15) is 6.29 Å². The van der Waals surface area contributed by atoms with Crippen LogP contribution in [0.5, 0.6) is 5.75 Å². The predicted octanol–water partition coefficient (Wildman–Crippen LogP) is 3.47. The number of benzene rings is 1. The van der Waals surface area contributed by atoms with Crippen LogP contribution in [-0.2, 0) is 0 Å². The van der Waals surface area contributed by atoms with E-state index in [4.69, 9.17) is 4.74 Å². The van der Waals surface area contributed by atoms with Crippen LogP contribution in [0.4, 0.5) is 5.69 Å². The van der Waals surface area contributed by atoms with E-state index in [2.05, 4.69) is 0 Å². The lowest BCUT2D eigenvalue weighted by molar-refractivity contribution is -0.385. The second-order valence-electron chi connectivity index (χ2n) is 2.31. The summed E-state index contributed by atoms with van der Waals surface area (Å²) in [4.78, 5) is 20.2. The van der Waals surface area contributed by atoms with Crippen LogP contribution in [0, 0.1) is 10.1 Å². The van der Waals surface area contributed by atoms with Crippen molar-refractivity contribution in [1.82, 2.24) is 0 Å². The number of hydrogen-bond donors (Lipinski definition) is 0. The maximum Gasteiger partial charge on any atom is 0.311 e. The molecule has 0 aliphatic rings. The molecule has 5 heteroatoms. The molecule has 1 aromatic carbocycles. The first kappa shape index (κ1) is 17.5. The number of nitrogens with zero attached hydrogens (tertiary/aromatic N) is 1. The van der Waals surface area contributed by atoms with Crippen LogP contribution in [0.15, 0.2) is 18.2 Å². The van der Waals surface area contributed by atoms with Gasteiger partial charge in [0.25, 0.3) is 0 Å². The van der Waals surface area contributed by atoms with Crippen molar-refractivity contribution in [2.24, 2.45) is 0 Å². The number of rotatable bonds is 3. The summed E-state index contributed by atoms with van der Waals surface area (Å²) in [5.41, 5.74) is 0.0552. The van der Waals surface area contributed by atoms with Gasteiger partial charge in [0.2, 0.25) is 0 Å². The fourth-order valence-electron chi connectivity index (χ4n) is 0.923. The predicted molar refractivity (Wildman–Crippen MR) is 67.7 cm³/mol. The summed E-state index contributed by atoms with van der Waals surface area (Å²) in [7, 11) is 1.34. The van der Waals surface area contributed by atoms with Crippen molar-refractivity contribution in [2.75, 3.05) is 7.11 Å². The molecule has 0 N–H and O–H groups in total. The molecule has 0 bridgehead atoms. The van der Waals surface area contributed by atoms with Crippen molar-refractivity contribution in [3.8, 4) is 5.75 Å². The van der Waals surface area contributed by atoms with Gasteiger partial charge in [0.15, 0.2) is 5.75 Å². The Morgan fingerprint density at radius 3 is 2.12 bits per heavy atom. The number of carbonyl (C=O) groups excluding carboxylic acids is 1. The molecule has 17 heavy (non-hydrogen) atoms. The Kier molecular flexibility index (Phi) is 10.9. The fourth-order valence-corrected chi connectivity index (χ4v) is 0.923. The van der Waals surface area contributed by atoms with E-state index in [0.29, 0.717) is 6.29 Å². The molecule has 96 valence electrons. The van der Waals surface area contributed by atoms with Gasteiger partial charge < -0.3 is 4.74 Å². The quantitative estimate of drug-likeness (QED) is 0.461. The van der Waals surface area contributed by atoms with E-state index in [1.165, 1.54) is 25.3 Å². The highest BCUT2D eigenvalue weighted by atomic mass is 16.6. The Morgan fingerprint density at radius 1 is 1.24 bits per heavy atom. The molecule has 0 aromatic heterocycles. The normalized spacial score (nSPS) is 7.82. The van der Waals surface area contributed by atoms with Gasteiger partial charge in [-0.3, -0.25) is 14.9 Å². The van der Waals surface area contributed by atoms with Crippen LogP contribution >= 0.6 is 0 Å². The van der Waals surface area contributed by atoms with Crippen molar-refractivity contribution >= 4 is 12.0 Å². The summed E-state index contributed by atoms with van der Waals surface area (Å²) in [6, 6.07) is 4.02. The van der Waals surface area contributed by atoms with Gasteiger partial charge >= 0.3 is 5.69 Å². The molecule has 0 heterocycles.